The monoisotopic (exact) mass is 259 g/mol. The van der Waals surface area contributed by atoms with Crippen molar-refractivity contribution in [2.75, 3.05) is 25.1 Å². The summed E-state index contributed by atoms with van der Waals surface area (Å²) in [5.41, 5.74) is 0.917. The third-order valence-corrected chi connectivity index (χ3v) is 3.42. The molecule has 0 bridgehead atoms. The van der Waals surface area contributed by atoms with E-state index < -0.39 is 0 Å². The molecule has 0 unspecified atom stereocenters. The molecule has 0 radical (unpaired) electrons. The van der Waals surface area contributed by atoms with Crippen LogP contribution in [-0.4, -0.2) is 19.8 Å². The average molecular weight is 260 g/mol. The molecule has 0 amide bonds. The number of halogens is 2. The molecule has 88 valence electrons. The minimum Gasteiger partial charge on any atom is -0.384 e. The van der Waals surface area contributed by atoms with Gasteiger partial charge in [-0.3, -0.25) is 0 Å². The van der Waals surface area contributed by atoms with Crippen LogP contribution in [0.25, 0.3) is 0 Å². The number of benzene rings is 1. The highest BCUT2D eigenvalue weighted by molar-refractivity contribution is 6.35. The second-order valence-corrected chi connectivity index (χ2v) is 4.90. The number of rotatable bonds is 3. The molecule has 16 heavy (non-hydrogen) atoms. The fourth-order valence-corrected chi connectivity index (χ4v) is 2.19. The summed E-state index contributed by atoms with van der Waals surface area (Å²) in [6, 6.07) is 5.48. The van der Waals surface area contributed by atoms with Gasteiger partial charge in [-0.1, -0.05) is 23.2 Å². The molecule has 2 rings (SSSR count). The van der Waals surface area contributed by atoms with Crippen LogP contribution in [-0.2, 0) is 4.74 Å². The first-order valence-corrected chi connectivity index (χ1v) is 6.28. The van der Waals surface area contributed by atoms with Crippen molar-refractivity contribution in [2.24, 2.45) is 5.92 Å². The molecule has 1 N–H and O–H groups in total. The zero-order valence-electron chi connectivity index (χ0n) is 9.01. The third kappa shape index (κ3) is 3.27. The van der Waals surface area contributed by atoms with Crippen LogP contribution < -0.4 is 5.32 Å². The van der Waals surface area contributed by atoms with Crippen LogP contribution in [0.3, 0.4) is 0 Å². The zero-order chi connectivity index (χ0) is 11.4. The summed E-state index contributed by atoms with van der Waals surface area (Å²) < 4.78 is 5.32. The van der Waals surface area contributed by atoms with Crippen molar-refractivity contribution in [1.82, 2.24) is 0 Å². The quantitative estimate of drug-likeness (QED) is 0.891. The van der Waals surface area contributed by atoms with E-state index in [-0.39, 0.29) is 0 Å². The SMILES string of the molecule is Clc1ccc(Cl)c(NCC2CCOCC2)c1. The maximum Gasteiger partial charge on any atom is 0.0638 e. The van der Waals surface area contributed by atoms with Crippen molar-refractivity contribution in [3.05, 3.63) is 28.2 Å². The van der Waals surface area contributed by atoms with Gasteiger partial charge in [0.1, 0.15) is 0 Å². The van der Waals surface area contributed by atoms with Crippen LogP contribution in [0.5, 0.6) is 0 Å². The lowest BCUT2D eigenvalue weighted by Gasteiger charge is -2.23. The molecule has 0 saturated carbocycles. The van der Waals surface area contributed by atoms with Gasteiger partial charge in [0.15, 0.2) is 0 Å². The lowest BCUT2D eigenvalue weighted by Crippen LogP contribution is -2.22. The topological polar surface area (TPSA) is 21.3 Å². The molecule has 1 saturated heterocycles. The Morgan fingerprint density at radius 3 is 2.75 bits per heavy atom. The lowest BCUT2D eigenvalue weighted by molar-refractivity contribution is 0.0699. The maximum absolute atomic E-state index is 6.07. The number of nitrogens with one attached hydrogen (secondary N) is 1. The molecular weight excluding hydrogens is 245 g/mol. The van der Waals surface area contributed by atoms with E-state index in [9.17, 15) is 0 Å². The lowest BCUT2D eigenvalue weighted by atomic mass is 10.0. The van der Waals surface area contributed by atoms with Gasteiger partial charge in [0, 0.05) is 24.8 Å². The Hall–Kier alpha value is -0.440. The minimum absolute atomic E-state index is 0.670. The van der Waals surface area contributed by atoms with Gasteiger partial charge in [-0.2, -0.15) is 0 Å². The molecule has 1 heterocycles. The maximum atomic E-state index is 6.07. The highest BCUT2D eigenvalue weighted by Crippen LogP contribution is 2.26. The molecule has 0 aliphatic carbocycles. The van der Waals surface area contributed by atoms with Gasteiger partial charge < -0.3 is 10.1 Å². The van der Waals surface area contributed by atoms with Crippen LogP contribution in [0.4, 0.5) is 5.69 Å². The first-order valence-electron chi connectivity index (χ1n) is 5.52. The van der Waals surface area contributed by atoms with Gasteiger partial charge >= 0.3 is 0 Å². The summed E-state index contributed by atoms with van der Waals surface area (Å²) in [7, 11) is 0. The number of hydrogen-bond donors (Lipinski definition) is 1. The Morgan fingerprint density at radius 1 is 1.25 bits per heavy atom. The molecule has 1 aromatic carbocycles. The summed E-state index contributed by atoms with van der Waals surface area (Å²) in [6.07, 6.45) is 2.23. The molecule has 0 aromatic heterocycles. The highest BCUT2D eigenvalue weighted by atomic mass is 35.5. The first-order chi connectivity index (χ1) is 7.75. The molecule has 0 spiro atoms. The smallest absolute Gasteiger partial charge is 0.0638 e. The van der Waals surface area contributed by atoms with Gasteiger partial charge in [0.25, 0.3) is 0 Å². The Labute approximate surface area is 106 Å². The molecule has 1 aromatic rings. The fraction of sp³-hybridized carbons (Fsp3) is 0.500. The largest absolute Gasteiger partial charge is 0.384 e. The molecule has 4 heteroatoms. The standard InChI is InChI=1S/C12H15Cl2NO/c13-10-1-2-11(14)12(7-10)15-8-9-3-5-16-6-4-9/h1-2,7,9,15H,3-6,8H2. The van der Waals surface area contributed by atoms with Gasteiger partial charge in [-0.25, -0.2) is 0 Å². The van der Waals surface area contributed by atoms with Crippen LogP contribution in [0.15, 0.2) is 18.2 Å². The van der Waals surface area contributed by atoms with Crippen molar-refractivity contribution in [2.45, 2.75) is 12.8 Å². The summed E-state index contributed by atoms with van der Waals surface area (Å²) in [4.78, 5) is 0. The Bertz CT molecular complexity index is 351. The van der Waals surface area contributed by atoms with Crippen molar-refractivity contribution in [3.8, 4) is 0 Å². The Morgan fingerprint density at radius 2 is 2.00 bits per heavy atom. The molecule has 0 atom stereocenters. The molecule has 1 fully saturated rings. The van der Waals surface area contributed by atoms with E-state index in [1.54, 1.807) is 6.07 Å². The summed E-state index contributed by atoms with van der Waals surface area (Å²) in [5.74, 6) is 0.670. The van der Waals surface area contributed by atoms with E-state index in [1.807, 2.05) is 12.1 Å². The van der Waals surface area contributed by atoms with Crippen LogP contribution in [0, 0.1) is 5.92 Å². The molecular formula is C12H15Cl2NO. The Kier molecular flexibility index (Phi) is 4.33. The Balaban J connectivity index is 1.90. The first kappa shape index (κ1) is 12.0. The van der Waals surface area contributed by atoms with E-state index in [2.05, 4.69) is 5.32 Å². The van der Waals surface area contributed by atoms with Crippen LogP contribution in [0.1, 0.15) is 12.8 Å². The molecule has 1 aliphatic heterocycles. The van der Waals surface area contributed by atoms with Gasteiger partial charge in [0.05, 0.1) is 10.7 Å². The highest BCUT2D eigenvalue weighted by Gasteiger charge is 2.13. The average Bonchev–Trinajstić information content (AvgIpc) is 2.32. The van der Waals surface area contributed by atoms with E-state index in [0.29, 0.717) is 10.9 Å². The summed E-state index contributed by atoms with van der Waals surface area (Å²) in [6.45, 7) is 2.68. The van der Waals surface area contributed by atoms with E-state index in [1.165, 1.54) is 0 Å². The fourth-order valence-electron chi connectivity index (χ4n) is 1.84. The second-order valence-electron chi connectivity index (χ2n) is 4.06. The van der Waals surface area contributed by atoms with Gasteiger partial charge in [0.2, 0.25) is 0 Å². The predicted molar refractivity (Wildman–Crippen MR) is 68.5 cm³/mol. The van der Waals surface area contributed by atoms with Crippen molar-refractivity contribution in [1.29, 1.82) is 0 Å². The molecule has 1 aliphatic rings. The third-order valence-electron chi connectivity index (χ3n) is 2.85. The van der Waals surface area contributed by atoms with Gasteiger partial charge in [-0.05, 0) is 37.0 Å². The molecule has 2 nitrogen and oxygen atoms in total. The van der Waals surface area contributed by atoms with Crippen LogP contribution in [0.2, 0.25) is 10.0 Å². The number of ether oxygens (including phenoxy) is 1. The van der Waals surface area contributed by atoms with Crippen molar-refractivity contribution < 1.29 is 4.74 Å². The number of anilines is 1. The van der Waals surface area contributed by atoms with E-state index in [4.69, 9.17) is 27.9 Å². The van der Waals surface area contributed by atoms with Gasteiger partial charge in [-0.15, -0.1) is 0 Å². The van der Waals surface area contributed by atoms with Crippen LogP contribution >= 0.6 is 23.2 Å². The normalized spacial score (nSPS) is 17.4. The van der Waals surface area contributed by atoms with E-state index >= 15 is 0 Å². The summed E-state index contributed by atoms with van der Waals surface area (Å²) >= 11 is 12.0. The summed E-state index contributed by atoms with van der Waals surface area (Å²) in [5, 5.41) is 4.78. The zero-order valence-corrected chi connectivity index (χ0v) is 10.5. The van der Waals surface area contributed by atoms with Crippen molar-refractivity contribution in [3.63, 3.8) is 0 Å². The van der Waals surface area contributed by atoms with E-state index in [0.717, 1.165) is 43.3 Å². The van der Waals surface area contributed by atoms with Crippen molar-refractivity contribution >= 4 is 28.9 Å². The predicted octanol–water partition coefficient (Wildman–Crippen LogP) is 3.83. The number of hydrogen-bond acceptors (Lipinski definition) is 2. The second kappa shape index (κ2) is 5.76. The minimum atomic E-state index is 0.670.